The number of hydrogen-bond donors (Lipinski definition) is 2. The smallest absolute Gasteiger partial charge is 0.227 e. The Balaban J connectivity index is 0.00000243. The van der Waals surface area contributed by atoms with Gasteiger partial charge in [-0.15, -0.1) is 12.4 Å². The molecule has 0 radical (unpaired) electrons. The number of benzene rings is 2. The monoisotopic (exact) mass is 374 g/mol. The summed E-state index contributed by atoms with van der Waals surface area (Å²) in [5.74, 6) is 1.05. The summed E-state index contributed by atoms with van der Waals surface area (Å²) in [7, 11) is 0. The molecule has 0 atom stereocenters. The molecule has 1 aliphatic heterocycles. The SMILES string of the molecule is Cc1cccc(COc2ccc(NC(=O)C3CCNCC3)c(C)c2)c1.Cl. The van der Waals surface area contributed by atoms with E-state index in [-0.39, 0.29) is 24.2 Å². The van der Waals surface area contributed by atoms with Crippen molar-refractivity contribution in [2.45, 2.75) is 33.3 Å². The molecule has 26 heavy (non-hydrogen) atoms. The van der Waals surface area contributed by atoms with Crippen molar-refractivity contribution >= 4 is 24.0 Å². The van der Waals surface area contributed by atoms with Crippen LogP contribution >= 0.6 is 12.4 Å². The van der Waals surface area contributed by atoms with Crippen molar-refractivity contribution in [3.05, 3.63) is 59.2 Å². The van der Waals surface area contributed by atoms with E-state index in [9.17, 15) is 4.79 Å². The Morgan fingerprint density at radius 3 is 2.62 bits per heavy atom. The lowest BCUT2D eigenvalue weighted by Crippen LogP contribution is -2.34. The number of carbonyl (C=O) groups excluding carboxylic acids is 1. The molecule has 3 rings (SSSR count). The first-order valence-electron chi connectivity index (χ1n) is 8.92. The molecule has 1 fully saturated rings. The highest BCUT2D eigenvalue weighted by Crippen LogP contribution is 2.24. The largest absolute Gasteiger partial charge is 0.489 e. The fourth-order valence-electron chi connectivity index (χ4n) is 3.15. The summed E-state index contributed by atoms with van der Waals surface area (Å²) in [4.78, 5) is 12.4. The lowest BCUT2D eigenvalue weighted by Gasteiger charge is -2.22. The number of ether oxygens (including phenoxy) is 1. The highest BCUT2D eigenvalue weighted by atomic mass is 35.5. The van der Waals surface area contributed by atoms with Crippen molar-refractivity contribution in [3.63, 3.8) is 0 Å². The molecule has 1 saturated heterocycles. The highest BCUT2D eigenvalue weighted by Gasteiger charge is 2.21. The molecule has 0 aliphatic carbocycles. The van der Waals surface area contributed by atoms with Crippen molar-refractivity contribution in [1.29, 1.82) is 0 Å². The van der Waals surface area contributed by atoms with Crippen molar-refractivity contribution < 1.29 is 9.53 Å². The third kappa shape index (κ3) is 5.48. The maximum absolute atomic E-state index is 12.4. The van der Waals surface area contributed by atoms with E-state index >= 15 is 0 Å². The van der Waals surface area contributed by atoms with Gasteiger partial charge in [0.15, 0.2) is 0 Å². The Labute approximate surface area is 161 Å². The van der Waals surface area contributed by atoms with Gasteiger partial charge in [-0.25, -0.2) is 0 Å². The van der Waals surface area contributed by atoms with Crippen LogP contribution in [-0.2, 0) is 11.4 Å². The van der Waals surface area contributed by atoms with E-state index in [1.54, 1.807) is 0 Å². The predicted octanol–water partition coefficient (Wildman–Crippen LogP) is 4.24. The standard InChI is InChI=1S/C21H26N2O2.ClH/c1-15-4-3-5-17(12-15)14-25-19-6-7-20(16(2)13-19)23-21(24)18-8-10-22-11-9-18;/h3-7,12-13,18,22H,8-11,14H2,1-2H3,(H,23,24);1H. The first kappa shape index (κ1) is 20.3. The van der Waals surface area contributed by atoms with Gasteiger partial charge >= 0.3 is 0 Å². The molecule has 0 bridgehead atoms. The van der Waals surface area contributed by atoms with Crippen LogP contribution in [0.1, 0.15) is 29.5 Å². The van der Waals surface area contributed by atoms with Gasteiger partial charge in [0.25, 0.3) is 0 Å². The average Bonchev–Trinajstić information content (AvgIpc) is 2.63. The number of carbonyl (C=O) groups is 1. The Kier molecular flexibility index (Phi) is 7.49. The molecule has 0 unspecified atom stereocenters. The van der Waals surface area contributed by atoms with Crippen LogP contribution in [0.3, 0.4) is 0 Å². The van der Waals surface area contributed by atoms with E-state index in [4.69, 9.17) is 4.74 Å². The number of halogens is 1. The zero-order valence-corrected chi connectivity index (χ0v) is 16.2. The van der Waals surface area contributed by atoms with Crippen LogP contribution in [0.4, 0.5) is 5.69 Å². The summed E-state index contributed by atoms with van der Waals surface area (Å²) in [6.07, 6.45) is 1.81. The third-order valence-electron chi connectivity index (χ3n) is 4.65. The zero-order valence-electron chi connectivity index (χ0n) is 15.4. The van der Waals surface area contributed by atoms with E-state index in [0.717, 1.165) is 48.5 Å². The second kappa shape index (κ2) is 9.60. The van der Waals surface area contributed by atoms with E-state index < -0.39 is 0 Å². The number of aryl methyl sites for hydroxylation is 2. The normalized spacial score (nSPS) is 14.4. The second-order valence-electron chi connectivity index (χ2n) is 6.77. The van der Waals surface area contributed by atoms with E-state index in [1.807, 2.05) is 31.2 Å². The van der Waals surface area contributed by atoms with Crippen molar-refractivity contribution in [3.8, 4) is 5.75 Å². The number of rotatable bonds is 5. The minimum absolute atomic E-state index is 0. The minimum atomic E-state index is 0. The maximum Gasteiger partial charge on any atom is 0.227 e. The van der Waals surface area contributed by atoms with Gasteiger partial charge in [-0.2, -0.15) is 0 Å². The predicted molar refractivity (Wildman–Crippen MR) is 108 cm³/mol. The number of hydrogen-bond acceptors (Lipinski definition) is 3. The molecule has 1 heterocycles. The number of piperidine rings is 1. The maximum atomic E-state index is 12.4. The molecular weight excluding hydrogens is 348 g/mol. The van der Waals surface area contributed by atoms with Crippen LogP contribution in [0.15, 0.2) is 42.5 Å². The highest BCUT2D eigenvalue weighted by molar-refractivity contribution is 5.93. The van der Waals surface area contributed by atoms with E-state index in [0.29, 0.717) is 6.61 Å². The molecular formula is C21H27ClN2O2. The number of nitrogens with one attached hydrogen (secondary N) is 2. The molecule has 2 N–H and O–H groups in total. The lowest BCUT2D eigenvalue weighted by molar-refractivity contribution is -0.120. The van der Waals surface area contributed by atoms with Gasteiger partial charge in [0.05, 0.1) is 0 Å². The Morgan fingerprint density at radius 1 is 1.15 bits per heavy atom. The fourth-order valence-corrected chi connectivity index (χ4v) is 3.15. The number of amides is 1. The van der Waals surface area contributed by atoms with Crippen LogP contribution in [0, 0.1) is 19.8 Å². The molecule has 0 spiro atoms. The van der Waals surface area contributed by atoms with Crippen LogP contribution < -0.4 is 15.4 Å². The molecule has 0 aromatic heterocycles. The Bertz CT molecular complexity index is 743. The van der Waals surface area contributed by atoms with Crippen LogP contribution in [-0.4, -0.2) is 19.0 Å². The van der Waals surface area contributed by atoms with Gasteiger partial charge in [-0.05, 0) is 69.1 Å². The van der Waals surface area contributed by atoms with Crippen LogP contribution in [0.5, 0.6) is 5.75 Å². The summed E-state index contributed by atoms with van der Waals surface area (Å²) in [6.45, 7) is 6.46. The quantitative estimate of drug-likeness (QED) is 0.822. The van der Waals surface area contributed by atoms with Crippen molar-refractivity contribution in [1.82, 2.24) is 5.32 Å². The number of anilines is 1. The van der Waals surface area contributed by atoms with E-state index in [2.05, 4.69) is 35.8 Å². The summed E-state index contributed by atoms with van der Waals surface area (Å²) >= 11 is 0. The molecule has 4 nitrogen and oxygen atoms in total. The van der Waals surface area contributed by atoms with E-state index in [1.165, 1.54) is 5.56 Å². The third-order valence-corrected chi connectivity index (χ3v) is 4.65. The average molecular weight is 375 g/mol. The summed E-state index contributed by atoms with van der Waals surface area (Å²) in [5.41, 5.74) is 4.27. The molecule has 140 valence electrons. The Morgan fingerprint density at radius 2 is 1.92 bits per heavy atom. The van der Waals surface area contributed by atoms with Gasteiger partial charge in [-0.1, -0.05) is 29.8 Å². The fraction of sp³-hybridized carbons (Fsp3) is 0.381. The van der Waals surface area contributed by atoms with Gasteiger partial charge in [-0.3, -0.25) is 4.79 Å². The zero-order chi connectivity index (χ0) is 17.6. The second-order valence-corrected chi connectivity index (χ2v) is 6.77. The van der Waals surface area contributed by atoms with Crippen molar-refractivity contribution in [2.75, 3.05) is 18.4 Å². The van der Waals surface area contributed by atoms with Gasteiger partial charge in [0, 0.05) is 11.6 Å². The summed E-state index contributed by atoms with van der Waals surface area (Å²) in [6, 6.07) is 14.1. The molecule has 2 aromatic rings. The van der Waals surface area contributed by atoms with Gasteiger partial charge in [0.1, 0.15) is 12.4 Å². The molecule has 0 saturated carbocycles. The minimum Gasteiger partial charge on any atom is -0.489 e. The Hall–Kier alpha value is -2.04. The molecule has 1 amide bonds. The first-order chi connectivity index (χ1) is 12.1. The summed E-state index contributed by atoms with van der Waals surface area (Å²) in [5, 5.41) is 6.35. The topological polar surface area (TPSA) is 50.4 Å². The molecule has 2 aromatic carbocycles. The van der Waals surface area contributed by atoms with Crippen LogP contribution in [0.25, 0.3) is 0 Å². The van der Waals surface area contributed by atoms with Gasteiger partial charge < -0.3 is 15.4 Å². The van der Waals surface area contributed by atoms with Gasteiger partial charge in [0.2, 0.25) is 5.91 Å². The summed E-state index contributed by atoms with van der Waals surface area (Å²) < 4.78 is 5.88. The molecule has 5 heteroatoms. The first-order valence-corrected chi connectivity index (χ1v) is 8.92. The molecule has 1 aliphatic rings. The lowest BCUT2D eigenvalue weighted by atomic mass is 9.97. The van der Waals surface area contributed by atoms with Crippen molar-refractivity contribution in [2.24, 2.45) is 5.92 Å². The van der Waals surface area contributed by atoms with Crippen LogP contribution in [0.2, 0.25) is 0 Å².